The maximum Gasteiger partial charge on any atom is 0.262 e. The summed E-state index contributed by atoms with van der Waals surface area (Å²) in [5, 5.41) is 0. The third-order valence-corrected chi connectivity index (χ3v) is 7.02. The van der Waals surface area contributed by atoms with Crippen LogP contribution in [0.2, 0.25) is 0 Å². The minimum atomic E-state index is -0.926. The van der Waals surface area contributed by atoms with E-state index in [9.17, 15) is 9.59 Å². The number of methoxy groups -OCH3 is 1. The molecule has 3 aliphatic rings. The van der Waals surface area contributed by atoms with Crippen LogP contribution in [0.15, 0.2) is 84.9 Å². The number of ether oxygens (including phenoxy) is 5. The Morgan fingerprint density at radius 1 is 0.838 bits per heavy atom. The fraction of sp³-hybridized carbons (Fsp3) is 0.310. The Morgan fingerprint density at radius 2 is 1.46 bits per heavy atom. The molecule has 0 aromatic heterocycles. The smallest absolute Gasteiger partial charge is 0.262 e. The van der Waals surface area contributed by atoms with Gasteiger partial charge in [-0.1, -0.05) is 72.8 Å². The summed E-state index contributed by atoms with van der Waals surface area (Å²) in [6, 6.07) is 25.2. The molecule has 0 aliphatic carbocycles. The Morgan fingerprint density at radius 3 is 2.11 bits per heavy atom. The first-order valence-electron chi connectivity index (χ1n) is 12.3. The van der Waals surface area contributed by atoms with Crippen LogP contribution in [-0.2, 0) is 30.3 Å². The monoisotopic (exact) mass is 501 g/mol. The van der Waals surface area contributed by atoms with Gasteiger partial charge >= 0.3 is 0 Å². The lowest BCUT2D eigenvalue weighted by Crippen LogP contribution is -2.68. The zero-order valence-electron chi connectivity index (χ0n) is 20.3. The average molecular weight is 502 g/mol. The number of hydrogen-bond donors (Lipinski definition) is 0. The summed E-state index contributed by atoms with van der Waals surface area (Å²) < 4.78 is 30.8. The summed E-state index contributed by atoms with van der Waals surface area (Å²) >= 11 is 0. The van der Waals surface area contributed by atoms with Crippen LogP contribution in [-0.4, -0.2) is 61.1 Å². The summed E-state index contributed by atoms with van der Waals surface area (Å²) in [5.74, 6) is -0.815. The van der Waals surface area contributed by atoms with Gasteiger partial charge in [0.25, 0.3) is 11.8 Å². The molecule has 37 heavy (non-hydrogen) atoms. The van der Waals surface area contributed by atoms with Gasteiger partial charge in [0.2, 0.25) is 0 Å². The van der Waals surface area contributed by atoms with E-state index in [0.29, 0.717) is 11.1 Å². The molecule has 190 valence electrons. The van der Waals surface area contributed by atoms with Crippen molar-refractivity contribution in [1.29, 1.82) is 0 Å². The molecule has 0 N–H and O–H groups in total. The van der Waals surface area contributed by atoms with Crippen molar-refractivity contribution in [3.63, 3.8) is 0 Å². The van der Waals surface area contributed by atoms with Crippen LogP contribution in [0.25, 0.3) is 0 Å². The normalized spacial score (nSPS) is 29.2. The van der Waals surface area contributed by atoms with Crippen molar-refractivity contribution < 1.29 is 33.3 Å². The fourth-order valence-corrected chi connectivity index (χ4v) is 5.24. The lowest BCUT2D eigenvalue weighted by molar-refractivity contribution is -0.351. The Balaban J connectivity index is 1.37. The summed E-state index contributed by atoms with van der Waals surface area (Å²) in [7, 11) is 1.49. The van der Waals surface area contributed by atoms with Crippen LogP contribution in [0.5, 0.6) is 0 Å². The minimum absolute atomic E-state index is 0.240. The van der Waals surface area contributed by atoms with E-state index in [1.807, 2.05) is 60.7 Å². The highest BCUT2D eigenvalue weighted by atomic mass is 16.7. The summed E-state index contributed by atoms with van der Waals surface area (Å²) in [4.78, 5) is 28.2. The SMILES string of the molecule is CO[C@@H]1O[C@@H]2CO[C@H](c3ccccc3)O[C@@H]2[C@@H](OCc2ccccc2)[C@@H]1N1C(=O)c2ccccc2C1=O. The van der Waals surface area contributed by atoms with Gasteiger partial charge < -0.3 is 23.7 Å². The summed E-state index contributed by atoms with van der Waals surface area (Å²) in [6.45, 7) is 0.495. The van der Waals surface area contributed by atoms with E-state index >= 15 is 0 Å². The van der Waals surface area contributed by atoms with E-state index in [1.54, 1.807) is 24.3 Å². The van der Waals surface area contributed by atoms with Gasteiger partial charge in [-0.3, -0.25) is 14.5 Å². The van der Waals surface area contributed by atoms with Gasteiger partial charge in [-0.2, -0.15) is 0 Å². The van der Waals surface area contributed by atoms with E-state index in [-0.39, 0.29) is 13.2 Å². The topological polar surface area (TPSA) is 83.5 Å². The Kier molecular flexibility index (Phi) is 6.58. The van der Waals surface area contributed by atoms with Crippen molar-refractivity contribution >= 4 is 11.8 Å². The standard InChI is InChI=1S/C29H27NO7/c1-33-29-23(30-26(31)20-14-8-9-15-21(20)27(30)32)25(34-16-18-10-4-2-5-11-18)24-22(36-29)17-35-28(37-24)19-12-6-3-7-13-19/h2-15,22-25,28-29H,16-17H2,1H3/t22-,23+,24+,25+,28+,29-/m1/s1. The molecule has 2 saturated heterocycles. The number of carbonyl (C=O) groups is 2. The van der Waals surface area contributed by atoms with Crippen LogP contribution in [0.1, 0.15) is 38.1 Å². The van der Waals surface area contributed by atoms with Crippen molar-refractivity contribution in [2.75, 3.05) is 13.7 Å². The first kappa shape index (κ1) is 24.0. The molecule has 8 heteroatoms. The highest BCUT2D eigenvalue weighted by molar-refractivity contribution is 6.21. The Bertz CT molecular complexity index is 1230. The highest BCUT2D eigenvalue weighted by Gasteiger charge is 2.56. The summed E-state index contributed by atoms with van der Waals surface area (Å²) in [6.07, 6.45) is -3.44. The van der Waals surface area contributed by atoms with E-state index in [0.717, 1.165) is 11.1 Å². The zero-order valence-corrected chi connectivity index (χ0v) is 20.3. The highest BCUT2D eigenvalue weighted by Crippen LogP contribution is 2.39. The van der Waals surface area contributed by atoms with Gasteiger partial charge in [0.05, 0.1) is 24.3 Å². The van der Waals surface area contributed by atoms with E-state index < -0.39 is 48.7 Å². The second-order valence-corrected chi connectivity index (χ2v) is 9.23. The fourth-order valence-electron chi connectivity index (χ4n) is 5.24. The molecule has 0 bridgehead atoms. The molecule has 6 atom stereocenters. The molecule has 3 aromatic rings. The molecule has 3 aliphatic heterocycles. The molecule has 3 aromatic carbocycles. The number of fused-ring (bicyclic) bond motifs is 2. The first-order valence-corrected chi connectivity index (χ1v) is 12.3. The maximum atomic E-state index is 13.5. The van der Waals surface area contributed by atoms with Crippen LogP contribution in [0.4, 0.5) is 0 Å². The first-order chi connectivity index (χ1) is 18.2. The van der Waals surface area contributed by atoms with E-state index in [4.69, 9.17) is 23.7 Å². The molecule has 2 amide bonds. The molecule has 0 radical (unpaired) electrons. The quantitative estimate of drug-likeness (QED) is 0.476. The number of rotatable bonds is 6. The molecule has 8 nitrogen and oxygen atoms in total. The van der Waals surface area contributed by atoms with Gasteiger partial charge in [0, 0.05) is 12.7 Å². The molecule has 0 unspecified atom stereocenters. The van der Waals surface area contributed by atoms with Crippen LogP contribution >= 0.6 is 0 Å². The second kappa shape index (κ2) is 10.2. The Labute approximate surface area is 214 Å². The number of nitrogens with zero attached hydrogens (tertiary/aromatic N) is 1. The van der Waals surface area contributed by atoms with Gasteiger partial charge in [-0.05, 0) is 17.7 Å². The van der Waals surface area contributed by atoms with Gasteiger partial charge in [-0.15, -0.1) is 0 Å². The molecular weight excluding hydrogens is 474 g/mol. The van der Waals surface area contributed by atoms with Crippen molar-refractivity contribution in [3.8, 4) is 0 Å². The molecule has 2 fully saturated rings. The predicted octanol–water partition coefficient (Wildman–Crippen LogP) is 3.72. The van der Waals surface area contributed by atoms with Crippen molar-refractivity contribution in [2.24, 2.45) is 0 Å². The van der Waals surface area contributed by atoms with E-state index in [2.05, 4.69) is 0 Å². The van der Waals surface area contributed by atoms with Crippen LogP contribution in [0, 0.1) is 0 Å². The van der Waals surface area contributed by atoms with Crippen LogP contribution in [0.3, 0.4) is 0 Å². The lowest BCUT2D eigenvalue weighted by Gasteiger charge is -2.50. The number of hydrogen-bond acceptors (Lipinski definition) is 7. The zero-order chi connectivity index (χ0) is 25.4. The molecule has 6 rings (SSSR count). The van der Waals surface area contributed by atoms with Crippen molar-refractivity contribution in [2.45, 2.75) is 43.5 Å². The van der Waals surface area contributed by atoms with E-state index in [1.165, 1.54) is 12.0 Å². The van der Waals surface area contributed by atoms with Crippen molar-refractivity contribution in [1.82, 2.24) is 4.90 Å². The third kappa shape index (κ3) is 4.37. The maximum absolute atomic E-state index is 13.5. The van der Waals surface area contributed by atoms with Gasteiger partial charge in [0.1, 0.15) is 24.4 Å². The molecule has 0 spiro atoms. The number of imide groups is 1. The second-order valence-electron chi connectivity index (χ2n) is 9.23. The molecule has 3 heterocycles. The van der Waals surface area contributed by atoms with Crippen molar-refractivity contribution in [3.05, 3.63) is 107 Å². The summed E-state index contributed by atoms with van der Waals surface area (Å²) in [5.41, 5.74) is 2.50. The molecular formula is C29H27NO7. The number of benzene rings is 3. The predicted molar refractivity (Wildman–Crippen MR) is 131 cm³/mol. The number of carbonyl (C=O) groups excluding carboxylic acids is 2. The lowest BCUT2D eigenvalue weighted by atomic mass is 9.94. The third-order valence-electron chi connectivity index (χ3n) is 7.02. The Hall–Kier alpha value is -3.40. The van der Waals surface area contributed by atoms with Gasteiger partial charge in [-0.25, -0.2) is 0 Å². The van der Waals surface area contributed by atoms with Gasteiger partial charge in [0.15, 0.2) is 12.6 Å². The molecule has 0 saturated carbocycles. The van der Waals surface area contributed by atoms with Crippen LogP contribution < -0.4 is 0 Å². The number of amides is 2. The average Bonchev–Trinajstić information content (AvgIpc) is 3.21. The minimum Gasteiger partial charge on any atom is -0.368 e. The largest absolute Gasteiger partial charge is 0.368 e.